The van der Waals surface area contributed by atoms with Gasteiger partial charge in [-0.05, 0) is 49.8 Å². The normalized spacial score (nSPS) is 18.5. The van der Waals surface area contributed by atoms with Crippen LogP contribution in [0.4, 0.5) is 0 Å². The number of carbonyl (C=O) groups excluding carboxylic acids is 3. The summed E-state index contributed by atoms with van der Waals surface area (Å²) in [6, 6.07) is 2.48. The van der Waals surface area contributed by atoms with Gasteiger partial charge in [-0.2, -0.15) is 0 Å². The van der Waals surface area contributed by atoms with Crippen LogP contribution in [0.3, 0.4) is 0 Å². The second kappa shape index (κ2) is 11.6. The molecule has 10 heteroatoms. The third kappa shape index (κ3) is 7.45. The van der Waals surface area contributed by atoms with E-state index < -0.39 is 42.0 Å². The Labute approximate surface area is 193 Å². The second-order valence-corrected chi connectivity index (χ2v) is 8.93. The van der Waals surface area contributed by atoms with Crippen molar-refractivity contribution in [3.05, 3.63) is 29.8 Å². The first-order chi connectivity index (χ1) is 15.5. The summed E-state index contributed by atoms with van der Waals surface area (Å²) in [4.78, 5) is 51.3. The van der Waals surface area contributed by atoms with Crippen molar-refractivity contribution in [1.82, 2.24) is 15.5 Å². The van der Waals surface area contributed by atoms with Gasteiger partial charge in [0, 0.05) is 13.0 Å². The van der Waals surface area contributed by atoms with E-state index in [0.717, 1.165) is 0 Å². The first kappa shape index (κ1) is 26.1. The van der Waals surface area contributed by atoms with Gasteiger partial charge in [0.05, 0.1) is 6.04 Å². The molecule has 1 aromatic carbocycles. The van der Waals surface area contributed by atoms with Crippen LogP contribution in [0.2, 0.25) is 0 Å². The molecule has 0 spiro atoms. The predicted octanol–water partition coefficient (Wildman–Crippen LogP) is 0.373. The maximum atomic E-state index is 13.1. The molecule has 1 fully saturated rings. The van der Waals surface area contributed by atoms with Gasteiger partial charge in [-0.3, -0.25) is 19.2 Å². The van der Waals surface area contributed by atoms with Gasteiger partial charge in [0.15, 0.2) is 0 Å². The number of benzene rings is 1. The molecular weight excluding hydrogens is 428 g/mol. The summed E-state index contributed by atoms with van der Waals surface area (Å²) in [5.41, 5.74) is 6.71. The van der Waals surface area contributed by atoms with E-state index in [1.54, 1.807) is 12.1 Å². The highest BCUT2D eigenvalue weighted by molar-refractivity contribution is 5.94. The molecule has 4 unspecified atom stereocenters. The van der Waals surface area contributed by atoms with Crippen LogP contribution in [0.15, 0.2) is 24.3 Å². The number of nitrogens with zero attached hydrogens (tertiary/aromatic N) is 1. The van der Waals surface area contributed by atoms with E-state index in [-0.39, 0.29) is 24.0 Å². The van der Waals surface area contributed by atoms with E-state index in [2.05, 4.69) is 10.6 Å². The lowest BCUT2D eigenvalue weighted by Gasteiger charge is -2.29. The molecule has 0 saturated carbocycles. The molecule has 0 radical (unpaired) electrons. The number of amides is 3. The van der Waals surface area contributed by atoms with Crippen LogP contribution in [0.25, 0.3) is 0 Å². The van der Waals surface area contributed by atoms with Gasteiger partial charge in [-0.15, -0.1) is 0 Å². The van der Waals surface area contributed by atoms with E-state index in [1.165, 1.54) is 24.0 Å². The van der Waals surface area contributed by atoms with Crippen LogP contribution in [0.1, 0.15) is 45.6 Å². The molecule has 10 nitrogen and oxygen atoms in total. The number of phenolic OH excluding ortho intramolecular Hbond substituents is 1. The maximum Gasteiger partial charge on any atom is 0.325 e. The van der Waals surface area contributed by atoms with Crippen molar-refractivity contribution >= 4 is 23.7 Å². The number of carboxylic acid groups (broad SMARTS) is 1. The van der Waals surface area contributed by atoms with Crippen LogP contribution in [-0.4, -0.2) is 69.5 Å². The minimum absolute atomic E-state index is 0.0566. The van der Waals surface area contributed by atoms with Crippen LogP contribution in [0, 0.1) is 5.92 Å². The minimum Gasteiger partial charge on any atom is -0.508 e. The first-order valence-corrected chi connectivity index (χ1v) is 11.2. The Balaban J connectivity index is 2.16. The molecule has 0 aromatic heterocycles. The summed E-state index contributed by atoms with van der Waals surface area (Å²) >= 11 is 0. The summed E-state index contributed by atoms with van der Waals surface area (Å²) in [7, 11) is 0. The zero-order valence-electron chi connectivity index (χ0n) is 19.3. The van der Waals surface area contributed by atoms with Crippen molar-refractivity contribution in [3.63, 3.8) is 0 Å². The second-order valence-electron chi connectivity index (χ2n) is 8.93. The Morgan fingerprint density at radius 3 is 2.33 bits per heavy atom. The number of phenols is 1. The molecule has 1 heterocycles. The van der Waals surface area contributed by atoms with Crippen LogP contribution in [-0.2, 0) is 25.6 Å². The standard InChI is InChI=1S/C23H34N4O6/c1-13(2)11-17(24)22(31)27-10-4-5-19(27)21(30)26-18(20(29)25-14(3)23(32)33)12-15-6-8-16(28)9-7-15/h6-9,13-14,17-19,28H,4-5,10-12,24H2,1-3H3,(H,25,29)(H,26,30)(H,32,33). The lowest BCUT2D eigenvalue weighted by molar-refractivity contribution is -0.142. The molecule has 33 heavy (non-hydrogen) atoms. The van der Waals surface area contributed by atoms with Crippen molar-refractivity contribution in [2.75, 3.05) is 6.54 Å². The fraction of sp³-hybridized carbons (Fsp3) is 0.565. The van der Waals surface area contributed by atoms with E-state index in [0.29, 0.717) is 31.4 Å². The fourth-order valence-corrected chi connectivity index (χ4v) is 3.85. The first-order valence-electron chi connectivity index (χ1n) is 11.2. The molecule has 2 rings (SSSR count). The average molecular weight is 463 g/mol. The Kier molecular flexibility index (Phi) is 9.22. The number of aromatic hydroxyl groups is 1. The van der Waals surface area contributed by atoms with Gasteiger partial charge >= 0.3 is 5.97 Å². The quantitative estimate of drug-likeness (QED) is 0.335. The van der Waals surface area contributed by atoms with Crippen LogP contribution >= 0.6 is 0 Å². The Morgan fingerprint density at radius 1 is 1.12 bits per heavy atom. The van der Waals surface area contributed by atoms with Gasteiger partial charge in [0.2, 0.25) is 17.7 Å². The van der Waals surface area contributed by atoms with E-state index in [9.17, 15) is 24.3 Å². The van der Waals surface area contributed by atoms with Crippen LogP contribution in [0.5, 0.6) is 5.75 Å². The zero-order chi connectivity index (χ0) is 24.7. The molecule has 3 amide bonds. The molecule has 6 N–H and O–H groups in total. The molecular formula is C23H34N4O6. The Bertz CT molecular complexity index is 857. The minimum atomic E-state index is -1.20. The number of likely N-dealkylation sites (tertiary alicyclic amines) is 1. The van der Waals surface area contributed by atoms with Gasteiger partial charge < -0.3 is 31.5 Å². The summed E-state index contributed by atoms with van der Waals surface area (Å²) in [5.74, 6) is -2.35. The Hall–Kier alpha value is -3.14. The van der Waals surface area contributed by atoms with Crippen molar-refractivity contribution in [2.45, 2.75) is 70.6 Å². The highest BCUT2D eigenvalue weighted by Crippen LogP contribution is 2.20. The lowest BCUT2D eigenvalue weighted by Crippen LogP contribution is -2.57. The maximum absolute atomic E-state index is 13.1. The summed E-state index contributed by atoms with van der Waals surface area (Å²) in [6.07, 6.45) is 1.68. The number of nitrogens with one attached hydrogen (secondary N) is 2. The highest BCUT2D eigenvalue weighted by Gasteiger charge is 2.37. The SMILES string of the molecule is CC(C)CC(N)C(=O)N1CCCC1C(=O)NC(Cc1ccc(O)cc1)C(=O)NC(C)C(=O)O. The number of rotatable bonds is 10. The van der Waals surface area contributed by atoms with Crippen LogP contribution < -0.4 is 16.4 Å². The summed E-state index contributed by atoms with van der Waals surface area (Å²) in [5, 5.41) is 23.7. The Morgan fingerprint density at radius 2 is 1.76 bits per heavy atom. The predicted molar refractivity (Wildman–Crippen MR) is 121 cm³/mol. The summed E-state index contributed by atoms with van der Waals surface area (Å²) in [6.45, 7) is 5.67. The third-order valence-corrected chi connectivity index (χ3v) is 5.62. The molecule has 1 saturated heterocycles. The van der Waals surface area contributed by atoms with E-state index >= 15 is 0 Å². The third-order valence-electron chi connectivity index (χ3n) is 5.62. The number of nitrogens with two attached hydrogens (primary N) is 1. The highest BCUT2D eigenvalue weighted by atomic mass is 16.4. The molecule has 1 aliphatic rings. The largest absolute Gasteiger partial charge is 0.508 e. The van der Waals surface area contributed by atoms with E-state index in [4.69, 9.17) is 10.8 Å². The molecule has 4 atom stereocenters. The molecule has 1 aliphatic heterocycles. The number of carbonyl (C=O) groups is 4. The summed E-state index contributed by atoms with van der Waals surface area (Å²) < 4.78 is 0. The van der Waals surface area contributed by atoms with Gasteiger partial charge in [0.1, 0.15) is 23.9 Å². The molecule has 0 aliphatic carbocycles. The van der Waals surface area contributed by atoms with Gasteiger partial charge in [-0.25, -0.2) is 0 Å². The smallest absolute Gasteiger partial charge is 0.325 e. The fourth-order valence-electron chi connectivity index (χ4n) is 3.85. The number of aliphatic carboxylic acids is 1. The van der Waals surface area contributed by atoms with Crippen molar-refractivity contribution in [2.24, 2.45) is 11.7 Å². The average Bonchev–Trinajstić information content (AvgIpc) is 3.23. The molecule has 182 valence electrons. The zero-order valence-corrected chi connectivity index (χ0v) is 19.3. The molecule has 1 aromatic rings. The lowest BCUT2D eigenvalue weighted by atomic mass is 10.0. The molecule has 0 bridgehead atoms. The van der Waals surface area contributed by atoms with Gasteiger partial charge in [0.25, 0.3) is 0 Å². The topological polar surface area (TPSA) is 162 Å². The van der Waals surface area contributed by atoms with E-state index in [1.807, 2.05) is 13.8 Å². The number of hydrogen-bond donors (Lipinski definition) is 5. The number of hydrogen-bond acceptors (Lipinski definition) is 6. The van der Waals surface area contributed by atoms with Crippen molar-refractivity contribution < 1.29 is 29.4 Å². The van der Waals surface area contributed by atoms with Gasteiger partial charge in [-0.1, -0.05) is 26.0 Å². The van der Waals surface area contributed by atoms with Crippen molar-refractivity contribution in [3.8, 4) is 5.75 Å². The monoisotopic (exact) mass is 462 g/mol. The number of carboxylic acids is 1. The van der Waals surface area contributed by atoms with Crippen molar-refractivity contribution in [1.29, 1.82) is 0 Å².